The third-order valence-corrected chi connectivity index (χ3v) is 8.68. The predicted molar refractivity (Wildman–Crippen MR) is 130 cm³/mol. The number of halogens is 1. The van der Waals surface area contributed by atoms with Crippen molar-refractivity contribution in [2.45, 2.75) is 58.5 Å². The molecule has 1 atom stereocenters. The van der Waals surface area contributed by atoms with Crippen LogP contribution in [0, 0.1) is 19.8 Å². The summed E-state index contributed by atoms with van der Waals surface area (Å²) in [5.74, 6) is -1.36. The van der Waals surface area contributed by atoms with E-state index in [2.05, 4.69) is 5.32 Å². The van der Waals surface area contributed by atoms with Crippen molar-refractivity contribution in [2.75, 3.05) is 19.7 Å². The Labute approximate surface area is 206 Å². The fourth-order valence-electron chi connectivity index (χ4n) is 4.56. The Morgan fingerprint density at radius 1 is 1.18 bits per heavy atom. The van der Waals surface area contributed by atoms with Crippen molar-refractivity contribution in [3.63, 3.8) is 0 Å². The van der Waals surface area contributed by atoms with Crippen LogP contribution in [0.25, 0.3) is 0 Å². The van der Waals surface area contributed by atoms with Gasteiger partial charge in [-0.25, -0.2) is 13.2 Å². The molecule has 0 bridgehead atoms. The number of carbonyl (C=O) groups excluding carboxylic acids is 2. The van der Waals surface area contributed by atoms with Crippen LogP contribution in [-0.2, 0) is 32.6 Å². The largest absolute Gasteiger partial charge is 0.462 e. The first kappa shape index (κ1) is 26.2. The number of carbonyl (C=O) groups is 2. The third-order valence-electron chi connectivity index (χ3n) is 6.29. The van der Waals surface area contributed by atoms with Crippen molar-refractivity contribution in [3.8, 4) is 0 Å². The van der Waals surface area contributed by atoms with Crippen molar-refractivity contribution in [2.24, 2.45) is 5.92 Å². The number of ether oxygens (including phenoxy) is 1. The Balaban J connectivity index is 1.85. The zero-order valence-corrected chi connectivity index (χ0v) is 21.6. The summed E-state index contributed by atoms with van der Waals surface area (Å²) >= 11 is 6.17. The molecule has 0 aliphatic carbocycles. The van der Waals surface area contributed by atoms with E-state index in [0.29, 0.717) is 35.8 Å². The Morgan fingerprint density at radius 2 is 1.88 bits per heavy atom. The fraction of sp³-hybridized carbons (Fsp3) is 0.500. The highest BCUT2D eigenvalue weighted by atomic mass is 35.5. The quantitative estimate of drug-likeness (QED) is 0.547. The van der Waals surface area contributed by atoms with Crippen molar-refractivity contribution in [1.82, 2.24) is 14.2 Å². The zero-order chi connectivity index (χ0) is 25.0. The van der Waals surface area contributed by atoms with Crippen LogP contribution in [0.5, 0.6) is 0 Å². The highest BCUT2D eigenvalue weighted by molar-refractivity contribution is 7.89. The zero-order valence-electron chi connectivity index (χ0n) is 20.1. The second kappa shape index (κ2) is 10.9. The van der Waals surface area contributed by atoms with Gasteiger partial charge in [-0.2, -0.15) is 4.31 Å². The molecule has 1 unspecified atom stereocenters. The number of aromatic nitrogens is 1. The maximum absolute atomic E-state index is 13.8. The molecule has 1 saturated heterocycles. The molecule has 1 aliphatic rings. The van der Waals surface area contributed by atoms with Crippen LogP contribution < -0.4 is 5.32 Å². The van der Waals surface area contributed by atoms with Gasteiger partial charge in [0, 0.05) is 42.6 Å². The molecule has 1 fully saturated rings. The number of nitrogens with zero attached hydrogens (tertiary/aromatic N) is 2. The van der Waals surface area contributed by atoms with Crippen LogP contribution in [0.3, 0.4) is 0 Å². The molecule has 34 heavy (non-hydrogen) atoms. The molecule has 1 N–H and O–H groups in total. The van der Waals surface area contributed by atoms with E-state index in [1.54, 1.807) is 31.4 Å². The predicted octanol–water partition coefficient (Wildman–Crippen LogP) is 3.67. The lowest BCUT2D eigenvalue weighted by atomic mass is 9.99. The molecule has 8 nitrogen and oxygen atoms in total. The van der Waals surface area contributed by atoms with Gasteiger partial charge < -0.3 is 14.6 Å². The molecule has 1 aromatic carbocycles. The molecular weight excluding hydrogens is 478 g/mol. The first-order valence-electron chi connectivity index (χ1n) is 11.5. The van der Waals surface area contributed by atoms with Gasteiger partial charge in [-0.1, -0.05) is 29.8 Å². The molecule has 10 heteroatoms. The van der Waals surface area contributed by atoms with Crippen LogP contribution in [0.2, 0.25) is 5.02 Å². The van der Waals surface area contributed by atoms with Crippen LogP contribution in [0.1, 0.15) is 54.0 Å². The maximum atomic E-state index is 13.8. The molecule has 1 amide bonds. The minimum Gasteiger partial charge on any atom is -0.462 e. The maximum Gasteiger partial charge on any atom is 0.341 e. The topological polar surface area (TPSA) is 97.7 Å². The van der Waals surface area contributed by atoms with Crippen LogP contribution in [-0.4, -0.2) is 48.9 Å². The number of amides is 1. The first-order valence-corrected chi connectivity index (χ1v) is 13.3. The van der Waals surface area contributed by atoms with E-state index >= 15 is 0 Å². The SMILES string of the molecule is CCOC(=O)c1c(S(=O)(=O)N2CCCC(C(=O)NCc3ccccc3Cl)C2)c(C)n(CC)c1C. The monoisotopic (exact) mass is 509 g/mol. The Bertz CT molecular complexity index is 1180. The number of rotatable bonds is 8. The van der Waals surface area contributed by atoms with Gasteiger partial charge in [0.05, 0.1) is 12.5 Å². The molecule has 2 aromatic rings. The summed E-state index contributed by atoms with van der Waals surface area (Å²) in [5.41, 5.74) is 1.92. The summed E-state index contributed by atoms with van der Waals surface area (Å²) in [6.45, 7) is 8.27. The lowest BCUT2D eigenvalue weighted by molar-refractivity contribution is -0.126. The minimum absolute atomic E-state index is 0.0255. The second-order valence-corrected chi connectivity index (χ2v) is 10.6. The minimum atomic E-state index is -4.03. The average Bonchev–Trinajstić information content (AvgIpc) is 3.08. The van der Waals surface area contributed by atoms with Gasteiger partial charge in [0.25, 0.3) is 0 Å². The van der Waals surface area contributed by atoms with E-state index in [-0.39, 0.29) is 42.6 Å². The Kier molecular flexibility index (Phi) is 8.43. The lowest BCUT2D eigenvalue weighted by Crippen LogP contribution is -2.45. The molecule has 3 rings (SSSR count). The van der Waals surface area contributed by atoms with Gasteiger partial charge in [0.15, 0.2) is 0 Å². The number of piperidine rings is 1. The van der Waals surface area contributed by atoms with Crippen LogP contribution in [0.15, 0.2) is 29.2 Å². The summed E-state index contributed by atoms with van der Waals surface area (Å²) in [4.78, 5) is 25.6. The van der Waals surface area contributed by atoms with Gasteiger partial charge in [-0.05, 0) is 52.2 Å². The summed E-state index contributed by atoms with van der Waals surface area (Å²) in [6.07, 6.45) is 1.13. The first-order chi connectivity index (χ1) is 16.1. The van der Waals surface area contributed by atoms with Crippen LogP contribution in [0.4, 0.5) is 0 Å². The second-order valence-electron chi connectivity index (χ2n) is 8.35. The summed E-state index contributed by atoms with van der Waals surface area (Å²) < 4.78 is 35.8. The van der Waals surface area contributed by atoms with Crippen molar-refractivity contribution in [1.29, 1.82) is 0 Å². The van der Waals surface area contributed by atoms with E-state index in [9.17, 15) is 18.0 Å². The highest BCUT2D eigenvalue weighted by Gasteiger charge is 2.39. The van der Waals surface area contributed by atoms with Gasteiger partial charge in [-0.15, -0.1) is 0 Å². The smallest absolute Gasteiger partial charge is 0.341 e. The molecule has 0 radical (unpaired) electrons. The van der Waals surface area contributed by atoms with E-state index < -0.39 is 21.9 Å². The van der Waals surface area contributed by atoms with Gasteiger partial charge in [-0.3, -0.25) is 4.79 Å². The van der Waals surface area contributed by atoms with Crippen molar-refractivity contribution in [3.05, 3.63) is 51.8 Å². The van der Waals surface area contributed by atoms with Gasteiger partial charge in [0.1, 0.15) is 10.5 Å². The number of nitrogens with one attached hydrogen (secondary N) is 1. The standard InChI is InChI=1S/C24H32ClN3O5S/c1-5-28-16(3)21(24(30)33-6-2)22(17(28)4)34(31,32)27-13-9-11-19(15-27)23(29)26-14-18-10-7-8-12-20(18)25/h7-8,10,12,19H,5-6,9,11,13-15H2,1-4H3,(H,26,29). The van der Waals surface area contributed by atoms with E-state index in [1.807, 2.05) is 25.1 Å². The van der Waals surface area contributed by atoms with Gasteiger partial charge in [0.2, 0.25) is 15.9 Å². The number of esters is 1. The van der Waals surface area contributed by atoms with Crippen molar-refractivity contribution < 1.29 is 22.7 Å². The van der Waals surface area contributed by atoms with E-state index in [0.717, 1.165) is 5.56 Å². The number of sulfonamides is 1. The molecular formula is C24H32ClN3O5S. The molecule has 0 spiro atoms. The van der Waals surface area contributed by atoms with Gasteiger partial charge >= 0.3 is 5.97 Å². The highest BCUT2D eigenvalue weighted by Crippen LogP contribution is 2.32. The Morgan fingerprint density at radius 3 is 2.53 bits per heavy atom. The normalized spacial score (nSPS) is 16.9. The number of hydrogen-bond acceptors (Lipinski definition) is 5. The summed E-state index contributed by atoms with van der Waals surface area (Å²) in [6, 6.07) is 7.25. The molecule has 1 aromatic heterocycles. The average molecular weight is 510 g/mol. The summed E-state index contributed by atoms with van der Waals surface area (Å²) in [5, 5.41) is 3.44. The van der Waals surface area contributed by atoms with E-state index in [1.165, 1.54) is 4.31 Å². The fourth-order valence-corrected chi connectivity index (χ4v) is 6.74. The number of benzene rings is 1. The van der Waals surface area contributed by atoms with Crippen LogP contribution >= 0.6 is 11.6 Å². The Hall–Kier alpha value is -2.36. The third kappa shape index (κ3) is 5.16. The van der Waals surface area contributed by atoms with Crippen molar-refractivity contribution >= 4 is 33.5 Å². The lowest BCUT2D eigenvalue weighted by Gasteiger charge is -2.31. The molecule has 0 saturated carbocycles. The molecule has 1 aliphatic heterocycles. The summed E-state index contributed by atoms with van der Waals surface area (Å²) in [7, 11) is -4.03. The molecule has 2 heterocycles. The number of hydrogen-bond donors (Lipinski definition) is 1. The molecule has 186 valence electrons. The van der Waals surface area contributed by atoms with E-state index in [4.69, 9.17) is 16.3 Å².